The number of amides is 1. The Morgan fingerprint density at radius 2 is 1.61 bits per heavy atom. The van der Waals surface area contributed by atoms with E-state index in [1.807, 2.05) is 25.7 Å². The zero-order chi connectivity index (χ0) is 13.9. The first-order valence-electron chi connectivity index (χ1n) is 7.29. The van der Waals surface area contributed by atoms with Crippen LogP contribution in [0.3, 0.4) is 0 Å². The predicted octanol–water partition coefficient (Wildman–Crippen LogP) is 4.21. The zero-order valence-electron chi connectivity index (χ0n) is 12.8. The highest BCUT2D eigenvalue weighted by Gasteiger charge is 2.37. The highest BCUT2D eigenvalue weighted by atomic mass is 16.6. The molecule has 1 heterocycles. The van der Waals surface area contributed by atoms with Crippen LogP contribution < -0.4 is 0 Å². The van der Waals surface area contributed by atoms with Gasteiger partial charge in [0.15, 0.2) is 0 Å². The first-order valence-corrected chi connectivity index (χ1v) is 7.29. The maximum absolute atomic E-state index is 12.4. The minimum Gasteiger partial charge on any atom is -0.444 e. The third-order valence-corrected chi connectivity index (χ3v) is 3.68. The molecule has 2 unspecified atom stereocenters. The lowest BCUT2D eigenvalue weighted by molar-refractivity contribution is -0.0134. The molecule has 0 radical (unpaired) electrons. The van der Waals surface area contributed by atoms with Gasteiger partial charge in [0.05, 0.1) is 0 Å². The fourth-order valence-electron chi connectivity index (χ4n) is 2.89. The van der Waals surface area contributed by atoms with Crippen molar-refractivity contribution < 1.29 is 9.53 Å². The summed E-state index contributed by atoms with van der Waals surface area (Å²) in [5.41, 5.74) is -0.406. The summed E-state index contributed by atoms with van der Waals surface area (Å²) in [5, 5.41) is 0. The minimum atomic E-state index is -0.406. The van der Waals surface area contributed by atoms with E-state index in [2.05, 4.69) is 20.8 Å². The van der Waals surface area contributed by atoms with Gasteiger partial charge in [0.1, 0.15) is 5.60 Å². The molecule has 3 atom stereocenters. The van der Waals surface area contributed by atoms with Crippen molar-refractivity contribution in [2.45, 2.75) is 84.9 Å². The molecule has 0 bridgehead atoms. The first-order chi connectivity index (χ1) is 8.28. The van der Waals surface area contributed by atoms with Gasteiger partial charge < -0.3 is 9.64 Å². The number of hydrogen-bond donors (Lipinski definition) is 0. The molecule has 1 amide bonds. The summed E-state index contributed by atoms with van der Waals surface area (Å²) in [6.45, 7) is 12.4. The summed E-state index contributed by atoms with van der Waals surface area (Å²) in [6.07, 6.45) is 4.10. The van der Waals surface area contributed by atoms with Crippen molar-refractivity contribution in [1.29, 1.82) is 0 Å². The van der Waals surface area contributed by atoms with Crippen molar-refractivity contribution >= 4 is 6.09 Å². The van der Waals surface area contributed by atoms with Gasteiger partial charge in [0, 0.05) is 12.1 Å². The van der Waals surface area contributed by atoms with Gasteiger partial charge in [-0.1, -0.05) is 20.8 Å². The van der Waals surface area contributed by atoms with Gasteiger partial charge >= 0.3 is 6.09 Å². The lowest BCUT2D eigenvalue weighted by Gasteiger charge is -2.44. The van der Waals surface area contributed by atoms with Crippen molar-refractivity contribution in [3.05, 3.63) is 0 Å². The first kappa shape index (κ1) is 15.3. The highest BCUT2D eigenvalue weighted by Crippen LogP contribution is 2.32. The fraction of sp³-hybridized carbons (Fsp3) is 0.933. The molecule has 1 fully saturated rings. The number of piperidine rings is 1. The van der Waals surface area contributed by atoms with Crippen molar-refractivity contribution in [2.75, 3.05) is 0 Å². The summed E-state index contributed by atoms with van der Waals surface area (Å²) in [7, 11) is 0. The SMILES string of the molecule is CCC1CC(C)C[C@H](CC)N1C(=O)OC(C)(C)C. The molecular formula is C15H29NO2. The van der Waals surface area contributed by atoms with Crippen LogP contribution in [0.4, 0.5) is 4.79 Å². The number of likely N-dealkylation sites (tertiary alicyclic amines) is 1. The number of carbonyl (C=O) groups is 1. The summed E-state index contributed by atoms with van der Waals surface area (Å²) >= 11 is 0. The largest absolute Gasteiger partial charge is 0.444 e. The maximum atomic E-state index is 12.4. The summed E-state index contributed by atoms with van der Waals surface area (Å²) in [4.78, 5) is 14.4. The Bertz CT molecular complexity index is 269. The number of hydrogen-bond acceptors (Lipinski definition) is 2. The van der Waals surface area contributed by atoms with Gasteiger partial charge in [-0.15, -0.1) is 0 Å². The van der Waals surface area contributed by atoms with Crippen molar-refractivity contribution in [2.24, 2.45) is 5.92 Å². The highest BCUT2D eigenvalue weighted by molar-refractivity contribution is 5.69. The van der Waals surface area contributed by atoms with E-state index < -0.39 is 5.60 Å². The number of rotatable bonds is 2. The summed E-state index contributed by atoms with van der Waals surface area (Å²) in [6, 6.07) is 0.682. The normalized spacial score (nSPS) is 29.2. The van der Waals surface area contributed by atoms with Gasteiger partial charge in [-0.2, -0.15) is 0 Å². The lowest BCUT2D eigenvalue weighted by atomic mass is 9.85. The smallest absolute Gasteiger partial charge is 0.410 e. The van der Waals surface area contributed by atoms with Gasteiger partial charge in [0.2, 0.25) is 0 Å². The quantitative estimate of drug-likeness (QED) is 0.739. The minimum absolute atomic E-state index is 0.131. The Morgan fingerprint density at radius 1 is 1.17 bits per heavy atom. The Kier molecular flexibility index (Phi) is 5.06. The van der Waals surface area contributed by atoms with Crippen molar-refractivity contribution in [3.8, 4) is 0 Å². The average molecular weight is 255 g/mol. The molecule has 0 aromatic heterocycles. The molecule has 3 nitrogen and oxygen atoms in total. The van der Waals surface area contributed by atoms with E-state index in [1.54, 1.807) is 0 Å². The summed E-state index contributed by atoms with van der Waals surface area (Å²) in [5.74, 6) is 0.707. The van der Waals surface area contributed by atoms with E-state index in [0.717, 1.165) is 25.7 Å². The second-order valence-corrected chi connectivity index (χ2v) is 6.59. The second-order valence-electron chi connectivity index (χ2n) is 6.59. The van der Waals surface area contributed by atoms with Gasteiger partial charge in [-0.25, -0.2) is 4.79 Å². The molecule has 106 valence electrons. The molecule has 0 aliphatic carbocycles. The third kappa shape index (κ3) is 3.89. The lowest BCUT2D eigenvalue weighted by Crippen LogP contribution is -2.52. The number of nitrogens with zero attached hydrogens (tertiary/aromatic N) is 1. The van der Waals surface area contributed by atoms with Crippen LogP contribution >= 0.6 is 0 Å². The van der Waals surface area contributed by atoms with Crippen LogP contribution in [-0.4, -0.2) is 28.7 Å². The van der Waals surface area contributed by atoms with Crippen molar-refractivity contribution in [3.63, 3.8) is 0 Å². The van der Waals surface area contributed by atoms with E-state index in [0.29, 0.717) is 18.0 Å². The van der Waals surface area contributed by atoms with Crippen LogP contribution in [-0.2, 0) is 4.74 Å². The van der Waals surface area contributed by atoms with Crippen LogP contribution in [0.15, 0.2) is 0 Å². The zero-order valence-corrected chi connectivity index (χ0v) is 12.8. The molecular weight excluding hydrogens is 226 g/mol. The fourth-order valence-corrected chi connectivity index (χ4v) is 2.89. The van der Waals surface area contributed by atoms with Gasteiger partial charge in [0.25, 0.3) is 0 Å². The van der Waals surface area contributed by atoms with Crippen LogP contribution in [0.25, 0.3) is 0 Å². The molecule has 18 heavy (non-hydrogen) atoms. The van der Waals surface area contributed by atoms with E-state index in [1.165, 1.54) is 0 Å². The molecule has 1 aliphatic heterocycles. The maximum Gasteiger partial charge on any atom is 0.410 e. The Balaban J connectivity index is 2.82. The molecule has 0 saturated carbocycles. The average Bonchev–Trinajstić information content (AvgIpc) is 2.24. The molecule has 1 saturated heterocycles. The van der Waals surface area contributed by atoms with Crippen LogP contribution in [0, 0.1) is 5.92 Å². The van der Waals surface area contributed by atoms with Crippen molar-refractivity contribution in [1.82, 2.24) is 4.90 Å². The Hall–Kier alpha value is -0.730. The van der Waals surface area contributed by atoms with Gasteiger partial charge in [-0.3, -0.25) is 0 Å². The van der Waals surface area contributed by atoms with Crippen LogP contribution in [0.5, 0.6) is 0 Å². The number of carbonyl (C=O) groups excluding carboxylic acids is 1. The standard InChI is InChI=1S/C15H29NO2/c1-7-12-9-11(3)10-13(8-2)16(12)14(17)18-15(4,5)6/h11-13H,7-10H2,1-6H3/t11?,12-,13?/m0/s1. The van der Waals surface area contributed by atoms with E-state index in [-0.39, 0.29) is 6.09 Å². The predicted molar refractivity (Wildman–Crippen MR) is 74.6 cm³/mol. The third-order valence-electron chi connectivity index (χ3n) is 3.68. The van der Waals surface area contributed by atoms with E-state index in [4.69, 9.17) is 4.74 Å². The molecule has 1 rings (SSSR count). The van der Waals surface area contributed by atoms with Gasteiger partial charge in [-0.05, 0) is 52.4 Å². The molecule has 0 aromatic rings. The van der Waals surface area contributed by atoms with E-state index >= 15 is 0 Å². The second kappa shape index (κ2) is 5.94. The van der Waals surface area contributed by atoms with Crippen LogP contribution in [0.2, 0.25) is 0 Å². The molecule has 0 aromatic carbocycles. The molecule has 1 aliphatic rings. The molecule has 3 heteroatoms. The molecule has 0 spiro atoms. The Labute approximate surface area is 112 Å². The topological polar surface area (TPSA) is 29.5 Å². The number of ether oxygens (including phenoxy) is 1. The van der Waals surface area contributed by atoms with Crippen LogP contribution in [0.1, 0.15) is 67.2 Å². The monoisotopic (exact) mass is 255 g/mol. The Morgan fingerprint density at radius 3 is 1.94 bits per heavy atom. The van der Waals surface area contributed by atoms with E-state index in [9.17, 15) is 4.79 Å². The summed E-state index contributed by atoms with van der Waals surface area (Å²) < 4.78 is 5.56. The molecule has 0 N–H and O–H groups in total.